The predicted molar refractivity (Wildman–Crippen MR) is 120 cm³/mol. The van der Waals surface area contributed by atoms with Gasteiger partial charge in [0.15, 0.2) is 0 Å². The average molecular weight is 435 g/mol. The fraction of sp³-hybridized carbons (Fsp3) is 0.640. The maximum absolute atomic E-state index is 12.7. The van der Waals surface area contributed by atoms with Gasteiger partial charge in [-0.3, -0.25) is 9.59 Å². The van der Waals surface area contributed by atoms with Crippen molar-refractivity contribution in [2.45, 2.75) is 60.8 Å². The molecule has 0 radical (unpaired) electrons. The maximum atomic E-state index is 12.7. The minimum absolute atomic E-state index is 0.0181. The number of esters is 3. The smallest absolute Gasteiger partial charge is 0.330 e. The van der Waals surface area contributed by atoms with Crippen LogP contribution in [0.5, 0.6) is 0 Å². The highest BCUT2D eigenvalue weighted by atomic mass is 16.6. The summed E-state index contributed by atoms with van der Waals surface area (Å²) < 4.78 is 15.6. The third-order valence-electron chi connectivity index (χ3n) is 6.18. The number of ether oxygens (including phenoxy) is 3. The lowest BCUT2D eigenvalue weighted by Crippen LogP contribution is -2.44. The van der Waals surface area contributed by atoms with Crippen LogP contribution in [0.1, 0.15) is 60.8 Å². The highest BCUT2D eigenvalue weighted by Gasteiger charge is 2.46. The van der Waals surface area contributed by atoms with Gasteiger partial charge >= 0.3 is 17.9 Å². The molecule has 0 aromatic carbocycles. The van der Waals surface area contributed by atoms with Crippen molar-refractivity contribution in [2.75, 3.05) is 19.8 Å². The first-order valence-corrected chi connectivity index (χ1v) is 11.2. The molecule has 6 nitrogen and oxygen atoms in total. The number of carbonyl (C=O) groups is 3. The van der Waals surface area contributed by atoms with E-state index in [1.165, 1.54) is 6.08 Å². The molecular weight excluding hydrogens is 396 g/mol. The Morgan fingerprint density at radius 2 is 1.74 bits per heavy atom. The van der Waals surface area contributed by atoms with Gasteiger partial charge in [-0.2, -0.15) is 0 Å². The van der Waals surface area contributed by atoms with Crippen LogP contribution in [0, 0.1) is 23.2 Å². The molecule has 0 N–H and O–H groups in total. The lowest BCUT2D eigenvalue weighted by molar-refractivity contribution is -0.165. The largest absolute Gasteiger partial charge is 0.466 e. The molecule has 0 fully saturated rings. The van der Waals surface area contributed by atoms with Gasteiger partial charge in [0.05, 0.1) is 12.0 Å². The van der Waals surface area contributed by atoms with E-state index in [2.05, 4.69) is 26.0 Å². The first kappa shape index (κ1) is 26.7. The molecule has 0 heterocycles. The molecule has 0 saturated heterocycles. The molecule has 3 atom stereocenters. The molecule has 0 aromatic rings. The molecule has 3 unspecified atom stereocenters. The summed E-state index contributed by atoms with van der Waals surface area (Å²) in [4.78, 5) is 36.8. The minimum Gasteiger partial charge on any atom is -0.466 e. The zero-order chi connectivity index (χ0) is 23.4. The van der Waals surface area contributed by atoms with Gasteiger partial charge in [0, 0.05) is 12.5 Å². The van der Waals surface area contributed by atoms with E-state index < -0.39 is 17.4 Å². The van der Waals surface area contributed by atoms with Crippen LogP contribution in [0.4, 0.5) is 0 Å². The van der Waals surface area contributed by atoms with Crippen LogP contribution in [0.25, 0.3) is 0 Å². The fourth-order valence-electron chi connectivity index (χ4n) is 3.60. The van der Waals surface area contributed by atoms with Crippen molar-refractivity contribution in [1.29, 1.82) is 0 Å². The van der Waals surface area contributed by atoms with Crippen molar-refractivity contribution in [1.82, 2.24) is 0 Å². The van der Waals surface area contributed by atoms with Crippen molar-refractivity contribution in [3.05, 3.63) is 36.0 Å². The Hall–Kier alpha value is -2.37. The van der Waals surface area contributed by atoms with E-state index in [0.29, 0.717) is 6.61 Å². The summed E-state index contributed by atoms with van der Waals surface area (Å²) in [5, 5.41) is 0. The normalized spacial score (nSPS) is 17.6. The molecule has 0 bridgehead atoms. The molecule has 1 aliphatic carbocycles. The van der Waals surface area contributed by atoms with E-state index in [1.54, 1.807) is 13.0 Å². The Bertz CT molecular complexity index is 703. The van der Waals surface area contributed by atoms with Crippen molar-refractivity contribution >= 4 is 17.9 Å². The quantitative estimate of drug-likeness (QED) is 0.190. The number of allylic oxidation sites excluding steroid dienone is 5. The van der Waals surface area contributed by atoms with Gasteiger partial charge in [-0.25, -0.2) is 4.79 Å². The van der Waals surface area contributed by atoms with Gasteiger partial charge < -0.3 is 14.2 Å². The summed E-state index contributed by atoms with van der Waals surface area (Å²) in [6, 6.07) is 0. The predicted octanol–water partition coefficient (Wildman–Crippen LogP) is 4.79. The standard InChI is InChI=1S/C25H38O6/c1-7-29-24(28)25(6,20(5)18(2)3)19(4)17-23(27)31-16-15-30-22(26)14-13-21-11-9-8-10-12-21/h9,11-14,18-20H,7-8,10,15-17H2,1-6H3/b14-13+. The molecule has 31 heavy (non-hydrogen) atoms. The summed E-state index contributed by atoms with van der Waals surface area (Å²) in [5.41, 5.74) is 0.173. The van der Waals surface area contributed by atoms with Crippen LogP contribution in [-0.2, 0) is 28.6 Å². The Morgan fingerprint density at radius 3 is 2.32 bits per heavy atom. The molecule has 1 rings (SSSR count). The van der Waals surface area contributed by atoms with E-state index in [4.69, 9.17) is 14.2 Å². The van der Waals surface area contributed by atoms with Crippen LogP contribution in [0.3, 0.4) is 0 Å². The SMILES string of the molecule is CCOC(=O)C(C)(C(C)CC(=O)OCCOC(=O)/C=C/C1=CCCC=C1)C(C)C(C)C. The van der Waals surface area contributed by atoms with Crippen LogP contribution in [0.15, 0.2) is 36.0 Å². The lowest BCUT2D eigenvalue weighted by atomic mass is 9.64. The number of hydrogen-bond acceptors (Lipinski definition) is 6. The maximum Gasteiger partial charge on any atom is 0.330 e. The Labute approximate surface area is 186 Å². The van der Waals surface area contributed by atoms with Gasteiger partial charge in [-0.05, 0) is 56.1 Å². The van der Waals surface area contributed by atoms with Crippen LogP contribution in [-0.4, -0.2) is 37.7 Å². The second-order valence-corrected chi connectivity index (χ2v) is 8.55. The van der Waals surface area contributed by atoms with E-state index in [0.717, 1.165) is 18.4 Å². The van der Waals surface area contributed by atoms with Gasteiger partial charge in [0.25, 0.3) is 0 Å². The first-order valence-electron chi connectivity index (χ1n) is 11.2. The second-order valence-electron chi connectivity index (χ2n) is 8.55. The number of rotatable bonds is 12. The fourth-order valence-corrected chi connectivity index (χ4v) is 3.60. The van der Waals surface area contributed by atoms with Crippen molar-refractivity contribution in [2.24, 2.45) is 23.2 Å². The van der Waals surface area contributed by atoms with Gasteiger partial charge in [-0.1, -0.05) is 45.9 Å². The van der Waals surface area contributed by atoms with Crippen molar-refractivity contribution in [3.8, 4) is 0 Å². The third kappa shape index (κ3) is 8.35. The summed E-state index contributed by atoms with van der Waals surface area (Å²) in [5.74, 6) is -1.19. The topological polar surface area (TPSA) is 78.9 Å². The monoisotopic (exact) mass is 434 g/mol. The first-order chi connectivity index (χ1) is 14.6. The molecule has 0 saturated carbocycles. The molecule has 1 aliphatic rings. The molecule has 0 aliphatic heterocycles. The highest BCUT2D eigenvalue weighted by molar-refractivity contribution is 5.82. The zero-order valence-electron chi connectivity index (χ0n) is 19.8. The Balaban J connectivity index is 2.49. The van der Waals surface area contributed by atoms with E-state index in [-0.39, 0.29) is 43.4 Å². The molecule has 0 spiro atoms. The summed E-state index contributed by atoms with van der Waals surface area (Å²) in [7, 11) is 0. The average Bonchev–Trinajstić information content (AvgIpc) is 2.74. The third-order valence-corrected chi connectivity index (χ3v) is 6.18. The summed E-state index contributed by atoms with van der Waals surface area (Å²) in [6.07, 6.45) is 11.2. The Kier molecular flexibility index (Phi) is 11.3. The number of carbonyl (C=O) groups excluding carboxylic acids is 3. The highest BCUT2D eigenvalue weighted by Crippen LogP contribution is 2.42. The van der Waals surface area contributed by atoms with E-state index in [9.17, 15) is 14.4 Å². The van der Waals surface area contributed by atoms with E-state index in [1.807, 2.05) is 26.8 Å². The zero-order valence-corrected chi connectivity index (χ0v) is 19.8. The van der Waals surface area contributed by atoms with Crippen molar-refractivity contribution < 1.29 is 28.6 Å². The van der Waals surface area contributed by atoms with Crippen LogP contribution >= 0.6 is 0 Å². The Morgan fingerprint density at radius 1 is 1.06 bits per heavy atom. The lowest BCUT2D eigenvalue weighted by Gasteiger charge is -2.40. The molecule has 174 valence electrons. The van der Waals surface area contributed by atoms with Crippen LogP contribution < -0.4 is 0 Å². The van der Waals surface area contributed by atoms with E-state index >= 15 is 0 Å². The number of hydrogen-bond donors (Lipinski definition) is 0. The van der Waals surface area contributed by atoms with Gasteiger partial charge in [-0.15, -0.1) is 0 Å². The molecule has 6 heteroatoms. The van der Waals surface area contributed by atoms with Gasteiger partial charge in [0.2, 0.25) is 0 Å². The molecule has 0 aromatic heterocycles. The van der Waals surface area contributed by atoms with Crippen molar-refractivity contribution in [3.63, 3.8) is 0 Å². The summed E-state index contributed by atoms with van der Waals surface area (Å²) >= 11 is 0. The second kappa shape index (κ2) is 13.1. The summed E-state index contributed by atoms with van der Waals surface area (Å²) in [6.45, 7) is 11.9. The van der Waals surface area contributed by atoms with Crippen LogP contribution in [0.2, 0.25) is 0 Å². The molecule has 0 amide bonds. The van der Waals surface area contributed by atoms with Gasteiger partial charge in [0.1, 0.15) is 13.2 Å². The molecular formula is C25H38O6. The minimum atomic E-state index is -0.803.